The Hall–Kier alpha value is -3.00. The van der Waals surface area contributed by atoms with Crippen molar-refractivity contribution in [2.75, 3.05) is 23.8 Å². The summed E-state index contributed by atoms with van der Waals surface area (Å²) >= 11 is 0. The van der Waals surface area contributed by atoms with Crippen molar-refractivity contribution < 1.29 is 4.74 Å². The van der Waals surface area contributed by atoms with Crippen molar-refractivity contribution in [3.05, 3.63) is 47.3 Å². The molecule has 2 N–H and O–H groups in total. The van der Waals surface area contributed by atoms with Gasteiger partial charge in [0.15, 0.2) is 0 Å². The molecule has 0 radical (unpaired) electrons. The summed E-state index contributed by atoms with van der Waals surface area (Å²) in [7, 11) is 1.73. The lowest BCUT2D eigenvalue weighted by molar-refractivity contribution is 0.195. The van der Waals surface area contributed by atoms with Gasteiger partial charge in [-0.05, 0) is 23.9 Å². The van der Waals surface area contributed by atoms with Gasteiger partial charge in [0, 0.05) is 32.2 Å². The number of fused-ring (bicyclic) bond motifs is 1. The van der Waals surface area contributed by atoms with E-state index in [0.29, 0.717) is 36.1 Å². The molecule has 0 bridgehead atoms. The van der Waals surface area contributed by atoms with Crippen LogP contribution in [0.4, 0.5) is 17.5 Å². The number of rotatable bonds is 4. The fourth-order valence-corrected chi connectivity index (χ4v) is 2.86. The number of aryl methyl sites for hydroxylation is 1. The summed E-state index contributed by atoms with van der Waals surface area (Å²) in [5, 5.41) is 7.87. The third-order valence-electron chi connectivity index (χ3n) is 4.15. The Bertz CT molecular complexity index is 951. The number of nitrogens with zero attached hydrogens (tertiary/aromatic N) is 4. The van der Waals surface area contributed by atoms with Gasteiger partial charge in [0.05, 0.1) is 24.2 Å². The van der Waals surface area contributed by atoms with E-state index in [4.69, 9.17) is 4.74 Å². The molecule has 1 aliphatic heterocycles. The van der Waals surface area contributed by atoms with Crippen molar-refractivity contribution in [3.8, 4) is 0 Å². The van der Waals surface area contributed by atoms with E-state index in [-0.39, 0.29) is 11.6 Å². The highest BCUT2D eigenvalue weighted by Crippen LogP contribution is 2.25. The molecule has 0 aromatic carbocycles. The van der Waals surface area contributed by atoms with Crippen molar-refractivity contribution in [1.29, 1.82) is 0 Å². The van der Waals surface area contributed by atoms with Gasteiger partial charge in [-0.15, -0.1) is 0 Å². The molecule has 8 nitrogen and oxygen atoms in total. The zero-order valence-corrected chi connectivity index (χ0v) is 13.8. The molecule has 0 saturated carbocycles. The van der Waals surface area contributed by atoms with E-state index < -0.39 is 0 Å². The molecule has 3 aromatic rings. The Balaban J connectivity index is 1.79. The monoisotopic (exact) mass is 338 g/mol. The smallest absolute Gasteiger partial charge is 0.261 e. The molecule has 0 aliphatic carbocycles. The van der Waals surface area contributed by atoms with E-state index in [0.717, 1.165) is 11.8 Å². The molecule has 1 fully saturated rings. The van der Waals surface area contributed by atoms with E-state index in [9.17, 15) is 4.79 Å². The van der Waals surface area contributed by atoms with Gasteiger partial charge >= 0.3 is 0 Å². The Morgan fingerprint density at radius 3 is 3.00 bits per heavy atom. The van der Waals surface area contributed by atoms with Crippen molar-refractivity contribution in [2.45, 2.75) is 12.5 Å². The largest absolute Gasteiger partial charge is 0.379 e. The first-order valence-corrected chi connectivity index (χ1v) is 8.08. The molecular formula is C17H18N6O2. The number of aromatic nitrogens is 4. The van der Waals surface area contributed by atoms with Gasteiger partial charge < -0.3 is 19.9 Å². The van der Waals surface area contributed by atoms with Crippen LogP contribution >= 0.6 is 0 Å². The highest BCUT2D eigenvalue weighted by molar-refractivity contribution is 5.93. The summed E-state index contributed by atoms with van der Waals surface area (Å²) in [4.78, 5) is 25.4. The second-order valence-electron chi connectivity index (χ2n) is 5.97. The fourth-order valence-electron chi connectivity index (χ4n) is 2.86. The van der Waals surface area contributed by atoms with Crippen LogP contribution in [0.1, 0.15) is 6.42 Å². The van der Waals surface area contributed by atoms with Crippen molar-refractivity contribution in [2.24, 2.45) is 7.05 Å². The Labute approximate surface area is 143 Å². The molecule has 1 aliphatic rings. The van der Waals surface area contributed by atoms with Crippen LogP contribution in [0, 0.1) is 0 Å². The molecular weight excluding hydrogens is 320 g/mol. The Morgan fingerprint density at radius 2 is 2.24 bits per heavy atom. The third-order valence-corrected chi connectivity index (χ3v) is 4.15. The van der Waals surface area contributed by atoms with Crippen LogP contribution in [0.15, 0.2) is 41.7 Å². The summed E-state index contributed by atoms with van der Waals surface area (Å²) in [5.41, 5.74) is -0.0857. The SMILES string of the molecule is Cn1ccc2cc(Nc3cnccn3)nc(NC3CCOC3)c2c1=O. The van der Waals surface area contributed by atoms with Crippen LogP contribution in [0.5, 0.6) is 0 Å². The van der Waals surface area contributed by atoms with E-state index in [1.54, 1.807) is 36.4 Å². The summed E-state index contributed by atoms with van der Waals surface area (Å²) < 4.78 is 6.97. The zero-order chi connectivity index (χ0) is 17.2. The fraction of sp³-hybridized carbons (Fsp3) is 0.294. The van der Waals surface area contributed by atoms with Crippen LogP contribution in [-0.4, -0.2) is 38.8 Å². The minimum Gasteiger partial charge on any atom is -0.379 e. The van der Waals surface area contributed by atoms with E-state index >= 15 is 0 Å². The lowest BCUT2D eigenvalue weighted by Gasteiger charge is -2.15. The molecule has 1 unspecified atom stereocenters. The minimum atomic E-state index is -0.0857. The third kappa shape index (κ3) is 3.16. The predicted octanol–water partition coefficient (Wildman–Crippen LogP) is 1.67. The van der Waals surface area contributed by atoms with E-state index in [2.05, 4.69) is 25.6 Å². The molecule has 25 heavy (non-hydrogen) atoms. The van der Waals surface area contributed by atoms with E-state index in [1.807, 2.05) is 12.1 Å². The van der Waals surface area contributed by atoms with Gasteiger partial charge in [-0.25, -0.2) is 9.97 Å². The first-order chi connectivity index (χ1) is 12.2. The number of pyridine rings is 2. The quantitative estimate of drug-likeness (QED) is 0.747. The Kier molecular flexibility index (Phi) is 4.02. The van der Waals surface area contributed by atoms with Crippen LogP contribution in [0.25, 0.3) is 10.8 Å². The molecule has 3 aromatic heterocycles. The summed E-state index contributed by atoms with van der Waals surface area (Å²) in [6, 6.07) is 3.88. The molecule has 0 spiro atoms. The number of ether oxygens (including phenoxy) is 1. The lowest BCUT2D eigenvalue weighted by atomic mass is 10.2. The van der Waals surface area contributed by atoms with Crippen LogP contribution < -0.4 is 16.2 Å². The highest BCUT2D eigenvalue weighted by Gasteiger charge is 2.19. The van der Waals surface area contributed by atoms with Gasteiger partial charge in [0.1, 0.15) is 17.5 Å². The van der Waals surface area contributed by atoms with Gasteiger partial charge in [0.2, 0.25) is 0 Å². The van der Waals surface area contributed by atoms with Crippen molar-refractivity contribution in [1.82, 2.24) is 19.5 Å². The lowest BCUT2D eigenvalue weighted by Crippen LogP contribution is -2.23. The number of anilines is 3. The van der Waals surface area contributed by atoms with E-state index in [1.165, 1.54) is 0 Å². The average Bonchev–Trinajstić information content (AvgIpc) is 3.12. The molecule has 4 heterocycles. The first-order valence-electron chi connectivity index (χ1n) is 8.08. The molecule has 1 saturated heterocycles. The highest BCUT2D eigenvalue weighted by atomic mass is 16.5. The standard InChI is InChI=1S/C17H18N6O2/c1-23-6-2-11-8-13(21-14-9-18-4-5-19-14)22-16(15(11)17(23)24)20-12-3-7-25-10-12/h2,4-6,8-9,12H,3,7,10H2,1H3,(H2,19,20,21,22). The zero-order valence-electron chi connectivity index (χ0n) is 13.8. The summed E-state index contributed by atoms with van der Waals surface area (Å²) in [6.45, 7) is 1.32. The molecule has 0 amide bonds. The minimum absolute atomic E-state index is 0.0857. The number of nitrogens with one attached hydrogen (secondary N) is 2. The summed E-state index contributed by atoms with van der Waals surface area (Å²) in [5.74, 6) is 1.75. The molecule has 1 atom stereocenters. The van der Waals surface area contributed by atoms with Gasteiger partial charge in [-0.1, -0.05) is 0 Å². The Morgan fingerprint density at radius 1 is 1.32 bits per heavy atom. The molecule has 128 valence electrons. The molecule has 4 rings (SSSR count). The maximum atomic E-state index is 12.6. The first kappa shape index (κ1) is 15.5. The molecule has 8 heteroatoms. The maximum absolute atomic E-state index is 12.6. The number of hydrogen-bond acceptors (Lipinski definition) is 7. The van der Waals surface area contributed by atoms with Gasteiger partial charge in [-0.2, -0.15) is 0 Å². The average molecular weight is 338 g/mol. The van der Waals surface area contributed by atoms with Crippen LogP contribution in [0.3, 0.4) is 0 Å². The van der Waals surface area contributed by atoms with Crippen LogP contribution in [-0.2, 0) is 11.8 Å². The van der Waals surface area contributed by atoms with Crippen molar-refractivity contribution in [3.63, 3.8) is 0 Å². The second-order valence-corrected chi connectivity index (χ2v) is 5.97. The van der Waals surface area contributed by atoms with Crippen molar-refractivity contribution >= 4 is 28.2 Å². The van der Waals surface area contributed by atoms with Gasteiger partial charge in [0.25, 0.3) is 5.56 Å². The predicted molar refractivity (Wildman–Crippen MR) is 95.1 cm³/mol. The second kappa shape index (κ2) is 6.48. The summed E-state index contributed by atoms with van der Waals surface area (Å²) in [6.07, 6.45) is 7.47. The topological polar surface area (TPSA) is 94.0 Å². The van der Waals surface area contributed by atoms with Crippen LogP contribution in [0.2, 0.25) is 0 Å². The number of hydrogen-bond donors (Lipinski definition) is 2. The maximum Gasteiger partial charge on any atom is 0.261 e. The normalized spacial score (nSPS) is 16.9. The van der Waals surface area contributed by atoms with Gasteiger partial charge in [-0.3, -0.25) is 9.78 Å².